The van der Waals surface area contributed by atoms with E-state index >= 15 is 0 Å². The second-order valence-corrected chi connectivity index (χ2v) is 10.8. The highest BCUT2D eigenvalue weighted by atomic mass is 32.2. The Hall–Kier alpha value is -0.970. The van der Waals surface area contributed by atoms with Crippen molar-refractivity contribution in [2.45, 2.75) is 81.0 Å². The van der Waals surface area contributed by atoms with Gasteiger partial charge in [0.2, 0.25) is 0 Å². The van der Waals surface area contributed by atoms with Gasteiger partial charge in [0.1, 0.15) is 51.9 Å². The van der Waals surface area contributed by atoms with Crippen molar-refractivity contribution in [2.75, 3.05) is 13.2 Å². The van der Waals surface area contributed by atoms with Gasteiger partial charge < -0.3 is 29.5 Å². The van der Waals surface area contributed by atoms with E-state index in [9.17, 15) is 32.6 Å². The number of aliphatic hydroxyl groups is 3. The van der Waals surface area contributed by atoms with Crippen LogP contribution in [0.2, 0.25) is 0 Å². The third kappa shape index (κ3) is 6.48. The topological polar surface area (TPSA) is 130 Å². The van der Waals surface area contributed by atoms with Crippen molar-refractivity contribution in [1.82, 2.24) is 0 Å². The second kappa shape index (κ2) is 12.0. The zero-order valence-corrected chi connectivity index (χ0v) is 20.7. The fourth-order valence-electron chi connectivity index (χ4n) is 4.05. The Balaban J connectivity index is 0.000000198. The van der Waals surface area contributed by atoms with Crippen LogP contribution in [0.1, 0.15) is 20.8 Å². The molecular weight excluding hydrogens is 520 g/mol. The third-order valence-corrected chi connectivity index (χ3v) is 8.54. The van der Waals surface area contributed by atoms with Crippen molar-refractivity contribution in [3.05, 3.63) is 0 Å². The van der Waals surface area contributed by atoms with Crippen molar-refractivity contribution in [2.24, 2.45) is 21.8 Å². The van der Waals surface area contributed by atoms with E-state index in [2.05, 4.69) is 9.98 Å². The van der Waals surface area contributed by atoms with Gasteiger partial charge in [0.25, 0.3) is 12.9 Å². The number of ether oxygens (including phenoxy) is 3. The van der Waals surface area contributed by atoms with Crippen molar-refractivity contribution >= 4 is 39.6 Å². The summed E-state index contributed by atoms with van der Waals surface area (Å²) in [5.74, 6) is -0.154. The first-order valence-corrected chi connectivity index (χ1v) is 12.7. The summed E-state index contributed by atoms with van der Waals surface area (Å²) in [5, 5.41) is 27.5. The molecule has 200 valence electrons. The molecule has 0 saturated carbocycles. The van der Waals surface area contributed by atoms with Gasteiger partial charge >= 0.3 is 5.97 Å². The first-order chi connectivity index (χ1) is 16.4. The van der Waals surface area contributed by atoms with Gasteiger partial charge in [0.15, 0.2) is 0 Å². The molecule has 15 heteroatoms. The summed E-state index contributed by atoms with van der Waals surface area (Å²) in [7, 11) is 0. The monoisotopic (exact) mass is 548 g/mol. The van der Waals surface area contributed by atoms with Gasteiger partial charge in [-0.15, -0.1) is 0 Å². The number of hydrogen-bond acceptors (Lipinski definition) is 11. The van der Waals surface area contributed by atoms with Gasteiger partial charge in [-0.25, -0.2) is 17.6 Å². The summed E-state index contributed by atoms with van der Waals surface area (Å²) in [6.45, 7) is 4.96. The summed E-state index contributed by atoms with van der Waals surface area (Å²) < 4.78 is 66.0. The largest absolute Gasteiger partial charge is 0.463 e. The van der Waals surface area contributed by atoms with Crippen molar-refractivity contribution in [1.29, 1.82) is 0 Å². The Bertz CT molecular complexity index is 824. The van der Waals surface area contributed by atoms with E-state index in [1.165, 1.54) is 6.92 Å². The predicted molar refractivity (Wildman–Crippen MR) is 121 cm³/mol. The molecule has 0 radical (unpaired) electrons. The van der Waals surface area contributed by atoms with E-state index in [0.29, 0.717) is 0 Å². The quantitative estimate of drug-likeness (QED) is 0.346. The molecule has 4 rings (SSSR count). The number of alkyl halides is 4. The third-order valence-electron chi connectivity index (χ3n) is 6.24. The molecule has 2 fully saturated rings. The predicted octanol–water partition coefficient (Wildman–Crippen LogP) is 1.53. The number of aliphatic hydroxyl groups excluding tert-OH is 3. The zero-order chi connectivity index (χ0) is 26.0. The number of thioether (sulfide) groups is 2. The van der Waals surface area contributed by atoms with Gasteiger partial charge in [0.05, 0.1) is 18.8 Å². The van der Waals surface area contributed by atoms with Gasteiger partial charge in [0, 0.05) is 6.92 Å². The zero-order valence-electron chi connectivity index (χ0n) is 19.0. The van der Waals surface area contributed by atoms with Crippen LogP contribution in [-0.4, -0.2) is 105 Å². The number of carbonyl (C=O) groups excluding carboxylic acids is 1. The molecule has 3 N–H and O–H groups in total. The maximum Gasteiger partial charge on any atom is 0.302 e. The Morgan fingerprint density at radius 2 is 1.46 bits per heavy atom. The summed E-state index contributed by atoms with van der Waals surface area (Å²) in [6, 6.07) is -1.13. The molecule has 0 aromatic rings. The normalized spacial score (nSPS) is 40.5. The summed E-state index contributed by atoms with van der Waals surface area (Å²) in [4.78, 5) is 18.5. The summed E-state index contributed by atoms with van der Waals surface area (Å²) >= 11 is 1.71. The van der Waals surface area contributed by atoms with Crippen LogP contribution in [0.4, 0.5) is 17.6 Å². The molecule has 0 spiro atoms. The van der Waals surface area contributed by atoms with Gasteiger partial charge in [-0.2, -0.15) is 0 Å². The Morgan fingerprint density at radius 3 is 1.97 bits per heavy atom. The highest BCUT2D eigenvalue weighted by Gasteiger charge is 2.49. The highest BCUT2D eigenvalue weighted by molar-refractivity contribution is 8.15. The molecule has 4 aliphatic rings. The van der Waals surface area contributed by atoms with E-state index in [-0.39, 0.29) is 41.6 Å². The lowest BCUT2D eigenvalue weighted by atomic mass is 9.83. The standard InChI is InChI=1S/C12H17F2NO3S.C8H11F2NO4S/c1-5-6(2)9-12(19-11(15-9)10(13)14)18-8(5)4-17-7(3)16;9-6(10)7-11-3-5(14)4(13)2(1-12)15-8(3)16-7/h5-6,8-10,12H,4H2,1-3H3;2-6,8,12-14H,1H2/t5-,6-,8+,9?,12?;2-,3?,4-,5-,8?/m01/s1. The lowest BCUT2D eigenvalue weighted by Gasteiger charge is -2.40. The first-order valence-electron chi connectivity index (χ1n) is 10.9. The molecule has 10 atom stereocenters. The minimum Gasteiger partial charge on any atom is -0.463 e. The molecule has 4 aliphatic heterocycles. The minimum atomic E-state index is -2.71. The van der Waals surface area contributed by atoms with Crippen molar-refractivity contribution in [3.8, 4) is 0 Å². The molecular formula is C20H28F4N2O7S2. The molecule has 0 aromatic heterocycles. The first kappa shape index (κ1) is 28.6. The number of rotatable bonds is 5. The van der Waals surface area contributed by atoms with Crippen LogP contribution in [0.3, 0.4) is 0 Å². The molecule has 4 heterocycles. The van der Waals surface area contributed by atoms with Crippen LogP contribution in [0, 0.1) is 11.8 Å². The molecule has 0 aliphatic carbocycles. The van der Waals surface area contributed by atoms with Crippen molar-refractivity contribution in [3.63, 3.8) is 0 Å². The SMILES string of the molecule is CC(=O)OC[C@H]1OC2SC(C(F)F)=NC2[C@@H](C)[C@@H]1C.OC[C@H]1OC2SC(C(F)F)=NC2[C@@H](O)[C@@H]1O. The maximum absolute atomic E-state index is 12.7. The van der Waals surface area contributed by atoms with E-state index in [4.69, 9.17) is 19.3 Å². The average Bonchev–Trinajstić information content (AvgIpc) is 3.43. The number of halogens is 4. The lowest BCUT2D eigenvalue weighted by molar-refractivity contribution is -0.164. The fraction of sp³-hybridized carbons (Fsp3) is 0.850. The Labute approximate surface area is 207 Å². The number of carbonyl (C=O) groups is 1. The highest BCUT2D eigenvalue weighted by Crippen LogP contribution is 2.43. The van der Waals surface area contributed by atoms with Crippen LogP contribution in [0.5, 0.6) is 0 Å². The van der Waals surface area contributed by atoms with Crippen LogP contribution >= 0.6 is 23.5 Å². The average molecular weight is 549 g/mol. The van der Waals surface area contributed by atoms with E-state index in [1.54, 1.807) is 0 Å². The van der Waals surface area contributed by atoms with Crippen LogP contribution < -0.4 is 0 Å². The number of nitrogens with zero attached hydrogens (tertiary/aromatic N) is 2. The maximum atomic E-state index is 12.7. The van der Waals surface area contributed by atoms with Gasteiger partial charge in [-0.1, -0.05) is 37.4 Å². The van der Waals surface area contributed by atoms with E-state index < -0.39 is 59.7 Å². The van der Waals surface area contributed by atoms with Crippen molar-refractivity contribution < 1.29 is 51.9 Å². The Morgan fingerprint density at radius 1 is 0.943 bits per heavy atom. The molecule has 4 unspecified atom stereocenters. The lowest BCUT2D eigenvalue weighted by Crippen LogP contribution is -2.55. The van der Waals surface area contributed by atoms with Crippen LogP contribution in [0.15, 0.2) is 9.98 Å². The van der Waals surface area contributed by atoms with E-state index in [0.717, 1.165) is 23.5 Å². The van der Waals surface area contributed by atoms with E-state index in [1.807, 2.05) is 13.8 Å². The number of aliphatic imine (C=N–C) groups is 2. The van der Waals surface area contributed by atoms with Crippen LogP contribution in [-0.2, 0) is 19.0 Å². The number of fused-ring (bicyclic) bond motifs is 2. The smallest absolute Gasteiger partial charge is 0.302 e. The van der Waals surface area contributed by atoms with Crippen LogP contribution in [0.25, 0.3) is 0 Å². The molecule has 0 aromatic carbocycles. The molecule has 0 bridgehead atoms. The Kier molecular flexibility index (Phi) is 9.85. The fourth-order valence-corrected chi connectivity index (χ4v) is 6.30. The second-order valence-electron chi connectivity index (χ2n) is 8.52. The van der Waals surface area contributed by atoms with Gasteiger partial charge in [-0.3, -0.25) is 14.8 Å². The summed E-state index contributed by atoms with van der Waals surface area (Å²) in [6.07, 6.45) is -9.09. The molecule has 2 saturated heterocycles. The molecule has 35 heavy (non-hydrogen) atoms. The number of hydrogen-bond donors (Lipinski definition) is 3. The molecule has 9 nitrogen and oxygen atoms in total. The summed E-state index contributed by atoms with van der Waals surface area (Å²) in [5.41, 5.74) is -1.16. The molecule has 0 amide bonds. The minimum absolute atomic E-state index is 0.0990. The number of esters is 1. The van der Waals surface area contributed by atoms with Gasteiger partial charge in [-0.05, 0) is 11.8 Å².